The topological polar surface area (TPSA) is 30.2 Å². The van der Waals surface area contributed by atoms with Crippen LogP contribution in [0.1, 0.15) is 19.1 Å². The van der Waals surface area contributed by atoms with Crippen molar-refractivity contribution >= 4 is 16.5 Å². The zero-order valence-corrected chi connectivity index (χ0v) is 9.57. The molecule has 0 saturated heterocycles. The van der Waals surface area contributed by atoms with Gasteiger partial charge in [0.05, 0.1) is 5.39 Å². The summed E-state index contributed by atoms with van der Waals surface area (Å²) in [6.07, 6.45) is 4.98. The average molecular weight is 224 g/mol. The number of benzene rings is 1. The van der Waals surface area contributed by atoms with E-state index >= 15 is 0 Å². The molecule has 1 heterocycles. The van der Waals surface area contributed by atoms with Crippen molar-refractivity contribution in [3.8, 4) is 0 Å². The highest BCUT2D eigenvalue weighted by atomic mass is 16.3. The van der Waals surface area contributed by atoms with Crippen molar-refractivity contribution in [2.45, 2.75) is 13.3 Å². The lowest BCUT2D eigenvalue weighted by Gasteiger charge is -2.04. The van der Waals surface area contributed by atoms with Crippen LogP contribution >= 0.6 is 0 Å². The van der Waals surface area contributed by atoms with Crippen molar-refractivity contribution < 1.29 is 4.42 Å². The molecule has 2 nitrogen and oxygen atoms in total. The van der Waals surface area contributed by atoms with Crippen LogP contribution in [0.25, 0.3) is 16.5 Å². The molecule has 1 aromatic heterocycles. The van der Waals surface area contributed by atoms with Gasteiger partial charge in [0, 0.05) is 11.6 Å². The van der Waals surface area contributed by atoms with Crippen molar-refractivity contribution in [2.24, 2.45) is 0 Å². The predicted octanol–water partition coefficient (Wildman–Crippen LogP) is 3.53. The van der Waals surface area contributed by atoms with Crippen LogP contribution in [0.4, 0.5) is 0 Å². The molecule has 1 aromatic carbocycles. The van der Waals surface area contributed by atoms with Crippen LogP contribution in [0.5, 0.6) is 0 Å². The molecule has 3 rings (SSSR count). The molecule has 0 aliphatic heterocycles. The summed E-state index contributed by atoms with van der Waals surface area (Å²) in [5.41, 5.74) is 2.95. The fourth-order valence-corrected chi connectivity index (χ4v) is 2.16. The number of fused-ring (bicyclic) bond motifs is 1. The van der Waals surface area contributed by atoms with Crippen LogP contribution in [0.2, 0.25) is 0 Å². The highest BCUT2D eigenvalue weighted by Gasteiger charge is 2.12. The standard InChI is InChI=1S/C15H12O2/c1-10-5-4-7-11(10)15-9-13(16)12-6-2-3-8-14(12)17-15/h2-6,8-9H,7H2,1H3. The van der Waals surface area contributed by atoms with E-state index in [1.165, 1.54) is 5.57 Å². The van der Waals surface area contributed by atoms with Gasteiger partial charge in [0.25, 0.3) is 0 Å². The molecular weight excluding hydrogens is 212 g/mol. The van der Waals surface area contributed by atoms with Gasteiger partial charge in [-0.05, 0) is 31.1 Å². The molecule has 2 heteroatoms. The summed E-state index contributed by atoms with van der Waals surface area (Å²) >= 11 is 0. The van der Waals surface area contributed by atoms with Gasteiger partial charge in [-0.2, -0.15) is 0 Å². The first-order valence-electron chi connectivity index (χ1n) is 5.65. The molecule has 1 aliphatic rings. The maximum absolute atomic E-state index is 12.0. The molecule has 0 radical (unpaired) electrons. The third kappa shape index (κ3) is 1.62. The minimum atomic E-state index is 0.0223. The zero-order chi connectivity index (χ0) is 11.8. The third-order valence-electron chi connectivity index (χ3n) is 3.10. The summed E-state index contributed by atoms with van der Waals surface area (Å²) in [5, 5.41) is 0.639. The van der Waals surface area contributed by atoms with Gasteiger partial charge in [0.15, 0.2) is 5.43 Å². The van der Waals surface area contributed by atoms with Crippen LogP contribution < -0.4 is 5.43 Å². The number of rotatable bonds is 1. The van der Waals surface area contributed by atoms with E-state index in [4.69, 9.17) is 4.42 Å². The quantitative estimate of drug-likeness (QED) is 0.741. The molecule has 1 aliphatic carbocycles. The van der Waals surface area contributed by atoms with Crippen LogP contribution in [0.3, 0.4) is 0 Å². The van der Waals surface area contributed by atoms with Gasteiger partial charge < -0.3 is 4.42 Å². The second-order valence-electron chi connectivity index (χ2n) is 4.24. The summed E-state index contributed by atoms with van der Waals surface area (Å²) < 4.78 is 5.80. The summed E-state index contributed by atoms with van der Waals surface area (Å²) in [7, 11) is 0. The van der Waals surface area contributed by atoms with E-state index in [0.717, 1.165) is 12.0 Å². The van der Waals surface area contributed by atoms with Crippen LogP contribution in [-0.4, -0.2) is 0 Å². The van der Waals surface area contributed by atoms with E-state index in [1.54, 1.807) is 12.1 Å². The molecule has 0 amide bonds. The SMILES string of the molecule is CC1=C(c2cc(=O)c3ccccc3o2)CC=C1. The summed E-state index contributed by atoms with van der Waals surface area (Å²) in [4.78, 5) is 12.0. The van der Waals surface area contributed by atoms with Gasteiger partial charge in [0.1, 0.15) is 11.3 Å². The maximum Gasteiger partial charge on any atom is 0.193 e. The van der Waals surface area contributed by atoms with Crippen molar-refractivity contribution in [3.05, 3.63) is 64.0 Å². The van der Waals surface area contributed by atoms with Crippen molar-refractivity contribution in [3.63, 3.8) is 0 Å². The van der Waals surface area contributed by atoms with Crippen molar-refractivity contribution in [1.29, 1.82) is 0 Å². The van der Waals surface area contributed by atoms with E-state index in [1.807, 2.05) is 25.1 Å². The molecule has 0 N–H and O–H groups in total. The number of allylic oxidation sites excluding steroid dienone is 4. The monoisotopic (exact) mass is 224 g/mol. The molecule has 0 unspecified atom stereocenters. The fourth-order valence-electron chi connectivity index (χ4n) is 2.16. The number of hydrogen-bond donors (Lipinski definition) is 0. The Hall–Kier alpha value is -2.09. The largest absolute Gasteiger partial charge is 0.456 e. The highest BCUT2D eigenvalue weighted by molar-refractivity contribution is 5.79. The number of para-hydroxylation sites is 1. The van der Waals surface area contributed by atoms with E-state index in [-0.39, 0.29) is 5.43 Å². The molecule has 0 atom stereocenters. The average Bonchev–Trinajstić information content (AvgIpc) is 2.75. The lowest BCUT2D eigenvalue weighted by Crippen LogP contribution is -2.01. The highest BCUT2D eigenvalue weighted by Crippen LogP contribution is 2.29. The van der Waals surface area contributed by atoms with Crippen LogP contribution in [0.15, 0.2) is 57.3 Å². The molecule has 0 spiro atoms. The minimum Gasteiger partial charge on any atom is -0.456 e. The Bertz CT molecular complexity index is 702. The fraction of sp³-hybridized carbons (Fsp3) is 0.133. The molecule has 0 saturated carbocycles. The Morgan fingerprint density at radius 1 is 1.24 bits per heavy atom. The van der Waals surface area contributed by atoms with E-state index in [9.17, 15) is 4.79 Å². The van der Waals surface area contributed by atoms with Gasteiger partial charge in [-0.25, -0.2) is 0 Å². The van der Waals surface area contributed by atoms with Gasteiger partial charge in [-0.1, -0.05) is 24.3 Å². The molecule has 17 heavy (non-hydrogen) atoms. The van der Waals surface area contributed by atoms with Crippen LogP contribution in [-0.2, 0) is 0 Å². The number of hydrogen-bond acceptors (Lipinski definition) is 2. The Morgan fingerprint density at radius 2 is 2.06 bits per heavy atom. The molecule has 0 fully saturated rings. The lowest BCUT2D eigenvalue weighted by atomic mass is 10.1. The first-order chi connectivity index (χ1) is 8.25. The van der Waals surface area contributed by atoms with Crippen molar-refractivity contribution in [1.82, 2.24) is 0 Å². The predicted molar refractivity (Wildman–Crippen MR) is 68.8 cm³/mol. The molecule has 84 valence electrons. The second kappa shape index (κ2) is 3.74. The normalized spacial score (nSPS) is 14.9. The molecular formula is C15H12O2. The van der Waals surface area contributed by atoms with Gasteiger partial charge in [-0.3, -0.25) is 4.79 Å². The smallest absolute Gasteiger partial charge is 0.193 e. The first-order valence-corrected chi connectivity index (χ1v) is 5.65. The summed E-state index contributed by atoms with van der Waals surface area (Å²) in [6, 6.07) is 8.94. The van der Waals surface area contributed by atoms with E-state index < -0.39 is 0 Å². The van der Waals surface area contributed by atoms with Gasteiger partial charge in [-0.15, -0.1) is 0 Å². The third-order valence-corrected chi connectivity index (χ3v) is 3.10. The van der Waals surface area contributed by atoms with E-state index in [0.29, 0.717) is 16.7 Å². The Balaban J connectivity index is 2.27. The van der Waals surface area contributed by atoms with E-state index in [2.05, 4.69) is 12.2 Å². The van der Waals surface area contributed by atoms with Crippen molar-refractivity contribution in [2.75, 3.05) is 0 Å². The Labute approximate surface area is 98.9 Å². The van der Waals surface area contributed by atoms with Gasteiger partial charge >= 0.3 is 0 Å². The Morgan fingerprint density at radius 3 is 2.82 bits per heavy atom. The molecule has 0 bridgehead atoms. The summed E-state index contributed by atoms with van der Waals surface area (Å²) in [5.74, 6) is 0.691. The second-order valence-corrected chi connectivity index (χ2v) is 4.24. The summed E-state index contributed by atoms with van der Waals surface area (Å²) in [6.45, 7) is 2.04. The van der Waals surface area contributed by atoms with Gasteiger partial charge in [0.2, 0.25) is 0 Å². The lowest BCUT2D eigenvalue weighted by molar-refractivity contribution is 0.584. The maximum atomic E-state index is 12.0. The zero-order valence-electron chi connectivity index (χ0n) is 9.57. The first kappa shape index (κ1) is 10.1. The minimum absolute atomic E-state index is 0.0223. The van der Waals surface area contributed by atoms with Crippen LogP contribution in [0, 0.1) is 0 Å². The Kier molecular flexibility index (Phi) is 2.22. The molecule has 2 aromatic rings.